The molecule has 2 rings (SSSR count). The number of aliphatic hydroxyl groups excluding tert-OH is 1. The van der Waals surface area contributed by atoms with E-state index in [2.05, 4.69) is 82.7 Å². The number of rotatable bonds is 8. The van der Waals surface area contributed by atoms with Crippen LogP contribution in [0.2, 0.25) is 0 Å². The molecule has 0 saturated heterocycles. The normalized spacial score (nSPS) is 46.4. The van der Waals surface area contributed by atoms with Gasteiger partial charge in [-0.25, -0.2) is 0 Å². The lowest BCUT2D eigenvalue weighted by atomic mass is 9.66. The quantitative estimate of drug-likeness (QED) is 0.257. The van der Waals surface area contributed by atoms with Crippen LogP contribution < -0.4 is 0 Å². The Balaban J connectivity index is 2.66. The number of methoxy groups -OCH3 is 2. The fourth-order valence-corrected chi connectivity index (χ4v) is 9.20. The van der Waals surface area contributed by atoms with E-state index in [1.54, 1.807) is 7.11 Å². The van der Waals surface area contributed by atoms with E-state index >= 15 is 0 Å². The van der Waals surface area contributed by atoms with Crippen LogP contribution in [0.3, 0.4) is 0 Å². The van der Waals surface area contributed by atoms with Gasteiger partial charge < -0.3 is 24.4 Å². The van der Waals surface area contributed by atoms with Crippen LogP contribution in [-0.4, -0.2) is 71.8 Å². The van der Waals surface area contributed by atoms with Gasteiger partial charge in [-0.3, -0.25) is 4.99 Å². The minimum Gasteiger partial charge on any atom is -0.390 e. The van der Waals surface area contributed by atoms with E-state index in [0.29, 0.717) is 12.3 Å². The van der Waals surface area contributed by atoms with Gasteiger partial charge in [-0.2, -0.15) is 0 Å². The number of aliphatic hydroxyl groups is 2. The SMILES string of the molecule is C=C1C[C@H](CC)[C@@](C)(O)C(C)C(C)C(=NCC(C)C)[C@H](C)C[C@@](C)(OC)C[C@@H](C)[C@H](O[C@H]2C[C@@](C)(OC)[C@@H](O)C(C)C2CC)C1C. The van der Waals surface area contributed by atoms with Crippen molar-refractivity contribution < 1.29 is 24.4 Å². The van der Waals surface area contributed by atoms with Gasteiger partial charge in [-0.15, -0.1) is 0 Å². The second kappa shape index (κ2) is 16.7. The van der Waals surface area contributed by atoms with E-state index in [1.165, 1.54) is 5.71 Å². The van der Waals surface area contributed by atoms with E-state index in [9.17, 15) is 10.2 Å². The Morgan fingerprint density at radius 1 is 0.913 bits per heavy atom. The summed E-state index contributed by atoms with van der Waals surface area (Å²) in [6, 6.07) is 0. The smallest absolute Gasteiger partial charge is 0.0935 e. The molecule has 2 saturated carbocycles. The lowest BCUT2D eigenvalue weighted by Gasteiger charge is -2.51. The van der Waals surface area contributed by atoms with Gasteiger partial charge in [0.05, 0.1) is 35.1 Å². The van der Waals surface area contributed by atoms with Crippen molar-refractivity contribution >= 4 is 5.71 Å². The van der Waals surface area contributed by atoms with Crippen molar-refractivity contribution in [2.75, 3.05) is 20.8 Å². The molecule has 2 aliphatic carbocycles. The van der Waals surface area contributed by atoms with E-state index < -0.39 is 17.3 Å². The third kappa shape index (κ3) is 9.25. The summed E-state index contributed by atoms with van der Waals surface area (Å²) < 4.78 is 19.7. The van der Waals surface area contributed by atoms with Crippen LogP contribution in [0.15, 0.2) is 17.1 Å². The molecule has 0 aliphatic heterocycles. The largest absolute Gasteiger partial charge is 0.390 e. The van der Waals surface area contributed by atoms with Crippen LogP contribution in [-0.2, 0) is 14.2 Å². The van der Waals surface area contributed by atoms with Gasteiger partial charge in [-0.1, -0.05) is 94.2 Å². The predicted octanol–water partition coefficient (Wildman–Crippen LogP) is 8.77. The fraction of sp³-hybridized carbons (Fsp3) is 0.925. The predicted molar refractivity (Wildman–Crippen MR) is 193 cm³/mol. The molecule has 0 radical (unpaired) electrons. The number of hydrogen-bond donors (Lipinski definition) is 2. The van der Waals surface area contributed by atoms with Gasteiger partial charge in [0.2, 0.25) is 0 Å². The van der Waals surface area contributed by atoms with Crippen molar-refractivity contribution in [2.24, 2.45) is 58.3 Å². The van der Waals surface area contributed by atoms with Crippen LogP contribution in [0.1, 0.15) is 129 Å². The first-order valence-corrected chi connectivity index (χ1v) is 18.6. The Labute approximate surface area is 284 Å². The van der Waals surface area contributed by atoms with Crippen molar-refractivity contribution in [1.82, 2.24) is 0 Å². The highest BCUT2D eigenvalue weighted by molar-refractivity contribution is 5.89. The van der Waals surface area contributed by atoms with E-state index in [1.807, 2.05) is 21.0 Å². The molecular weight excluding hydrogens is 574 g/mol. The fourth-order valence-electron chi connectivity index (χ4n) is 9.20. The van der Waals surface area contributed by atoms with E-state index in [-0.39, 0.29) is 65.2 Å². The Kier molecular flexibility index (Phi) is 15.1. The summed E-state index contributed by atoms with van der Waals surface area (Å²) in [5.74, 6) is 1.40. The first kappa shape index (κ1) is 41.4. The standard InChI is InChI=1S/C40H75NO5/c1-17-32-19-25(5)28(8)36(46-34-22-39(13,45-16)37(42)30(10)33(34)18-2)27(7)21-38(12,44-15)20-26(6)35(41-23-24(3)4)29(9)31(11)40(32,14)43/h24,26-34,36-37,42-43H,5,17-23H2,1-4,6-16H3/t26-,27-,28?,29?,30?,31?,32+,33?,34+,36+,37+,38-,39-,40+/m1/s1. The minimum absolute atomic E-state index is 0.0174. The van der Waals surface area contributed by atoms with Crippen LogP contribution in [0, 0.1) is 53.3 Å². The van der Waals surface area contributed by atoms with Gasteiger partial charge in [0.1, 0.15) is 0 Å². The summed E-state index contributed by atoms with van der Waals surface area (Å²) in [6.45, 7) is 34.1. The van der Waals surface area contributed by atoms with Gasteiger partial charge >= 0.3 is 0 Å². The maximum atomic E-state index is 12.3. The van der Waals surface area contributed by atoms with Crippen LogP contribution in [0.4, 0.5) is 0 Å². The second-order valence-corrected chi connectivity index (χ2v) is 16.9. The molecule has 0 heterocycles. The maximum absolute atomic E-state index is 12.3. The summed E-state index contributed by atoms with van der Waals surface area (Å²) in [5, 5.41) is 23.6. The summed E-state index contributed by atoms with van der Waals surface area (Å²) in [5.41, 5.74) is 0.385. The van der Waals surface area contributed by atoms with E-state index in [0.717, 1.165) is 44.2 Å². The molecule has 0 aromatic rings. The van der Waals surface area contributed by atoms with Crippen molar-refractivity contribution in [3.05, 3.63) is 12.2 Å². The average Bonchev–Trinajstić information content (AvgIpc) is 2.99. The molecule has 6 nitrogen and oxygen atoms in total. The Morgan fingerprint density at radius 2 is 1.52 bits per heavy atom. The highest BCUT2D eigenvalue weighted by Gasteiger charge is 2.51. The molecule has 0 aromatic carbocycles. The minimum atomic E-state index is -0.895. The Bertz CT molecular complexity index is 994. The Hall–Kier alpha value is -0.790. The third-order valence-corrected chi connectivity index (χ3v) is 12.9. The van der Waals surface area contributed by atoms with Gasteiger partial charge in [0, 0.05) is 38.8 Å². The number of aliphatic imine (C=N–C) groups is 1. The topological polar surface area (TPSA) is 80.5 Å². The van der Waals surface area contributed by atoms with Gasteiger partial charge in [0.25, 0.3) is 0 Å². The zero-order chi connectivity index (χ0) is 35.4. The summed E-state index contributed by atoms with van der Waals surface area (Å²) >= 11 is 0. The summed E-state index contributed by atoms with van der Waals surface area (Å²) in [4.78, 5) is 5.25. The number of hydrogen-bond acceptors (Lipinski definition) is 6. The maximum Gasteiger partial charge on any atom is 0.0935 e. The molecule has 14 atom stereocenters. The third-order valence-electron chi connectivity index (χ3n) is 12.9. The zero-order valence-corrected chi connectivity index (χ0v) is 32.7. The summed E-state index contributed by atoms with van der Waals surface area (Å²) in [6.07, 6.45) is 4.18. The first-order chi connectivity index (χ1) is 21.2. The highest BCUT2D eigenvalue weighted by Crippen LogP contribution is 2.46. The molecule has 2 fully saturated rings. The molecule has 46 heavy (non-hydrogen) atoms. The van der Waals surface area contributed by atoms with Crippen LogP contribution in [0.25, 0.3) is 0 Å². The lowest BCUT2D eigenvalue weighted by molar-refractivity contribution is -0.209. The molecule has 0 bridgehead atoms. The average molecular weight is 650 g/mol. The van der Waals surface area contributed by atoms with E-state index in [4.69, 9.17) is 19.2 Å². The number of nitrogens with zero attached hydrogens (tertiary/aromatic N) is 1. The van der Waals surface area contributed by atoms with Gasteiger partial charge in [0.15, 0.2) is 0 Å². The van der Waals surface area contributed by atoms with Crippen molar-refractivity contribution in [1.29, 1.82) is 0 Å². The molecule has 2 aliphatic rings. The molecule has 0 spiro atoms. The molecule has 6 heteroatoms. The number of ether oxygens (including phenoxy) is 3. The van der Waals surface area contributed by atoms with Crippen LogP contribution in [0.5, 0.6) is 0 Å². The van der Waals surface area contributed by atoms with Gasteiger partial charge in [-0.05, 0) is 87.4 Å². The second-order valence-electron chi connectivity index (χ2n) is 16.9. The van der Waals surface area contributed by atoms with Crippen molar-refractivity contribution in [3.8, 4) is 0 Å². The molecule has 5 unspecified atom stereocenters. The lowest BCUT2D eigenvalue weighted by Crippen LogP contribution is -2.57. The zero-order valence-electron chi connectivity index (χ0n) is 32.7. The molecule has 270 valence electrons. The van der Waals surface area contributed by atoms with Crippen LogP contribution >= 0.6 is 0 Å². The summed E-state index contributed by atoms with van der Waals surface area (Å²) in [7, 11) is 3.55. The first-order valence-electron chi connectivity index (χ1n) is 18.6. The Morgan fingerprint density at radius 3 is 2.02 bits per heavy atom. The molecule has 0 amide bonds. The van der Waals surface area contributed by atoms with Crippen molar-refractivity contribution in [2.45, 2.75) is 164 Å². The highest BCUT2D eigenvalue weighted by atomic mass is 16.5. The van der Waals surface area contributed by atoms with Crippen molar-refractivity contribution in [3.63, 3.8) is 0 Å². The molecule has 0 aromatic heterocycles. The molecular formula is C40H75NO5. The molecule has 2 N–H and O–H groups in total. The monoisotopic (exact) mass is 650 g/mol.